The summed E-state index contributed by atoms with van der Waals surface area (Å²) in [6, 6.07) is 6.17. The molecule has 5 nitrogen and oxygen atoms in total. The molecule has 3 rings (SSSR count). The molecular weight excluding hydrogens is 345 g/mol. The Balaban J connectivity index is 2.13. The van der Waals surface area contributed by atoms with Crippen LogP contribution in [0.2, 0.25) is 0 Å². The molecule has 0 fully saturated rings. The molecule has 1 aliphatic carbocycles. The van der Waals surface area contributed by atoms with Gasteiger partial charge < -0.3 is 15.4 Å². The number of aromatic amines is 1. The molecule has 1 aromatic carbocycles. The molecule has 0 aliphatic heterocycles. The van der Waals surface area contributed by atoms with Gasteiger partial charge in [0.1, 0.15) is 5.82 Å². The number of rotatable bonds is 6. The number of halogens is 1. The van der Waals surface area contributed by atoms with Crippen LogP contribution in [0.1, 0.15) is 41.5 Å². The number of benzene rings is 1. The van der Waals surface area contributed by atoms with Crippen LogP contribution in [-0.4, -0.2) is 35.7 Å². The summed E-state index contributed by atoms with van der Waals surface area (Å²) in [5, 5.41) is 12.7. The Labute approximate surface area is 158 Å². The van der Waals surface area contributed by atoms with Crippen LogP contribution in [0.15, 0.2) is 35.3 Å². The molecule has 1 atom stereocenters. The van der Waals surface area contributed by atoms with E-state index in [-0.39, 0.29) is 24.1 Å². The summed E-state index contributed by atoms with van der Waals surface area (Å²) in [5.74, 6) is -0.442. The third-order valence-electron chi connectivity index (χ3n) is 4.80. The second-order valence-electron chi connectivity index (χ2n) is 6.70. The molecule has 2 aromatic rings. The number of carbonyl (C=O) groups excluding carboxylic acids is 1. The predicted octanol–water partition coefficient (Wildman–Crippen LogP) is 4.13. The summed E-state index contributed by atoms with van der Waals surface area (Å²) in [4.78, 5) is 20.2. The standard InChI is InChI=1S/C21H24FN3O2/c1-3-14(7-8-23-2)20-21(24-16-6-4-5-15(22)11-16)19-17(25-20)9-13(12-26)10-18(19)27/h4-8,11,13,24-26H,3,9-10,12H2,1-2H3/b14-7+,23-8?. The molecule has 1 aliphatic rings. The molecule has 0 spiro atoms. The van der Waals surface area contributed by atoms with E-state index in [0.29, 0.717) is 29.8 Å². The first-order valence-corrected chi connectivity index (χ1v) is 9.10. The number of allylic oxidation sites excluding steroid dienone is 2. The lowest BCUT2D eigenvalue weighted by molar-refractivity contribution is 0.0919. The topological polar surface area (TPSA) is 77.5 Å². The summed E-state index contributed by atoms with van der Waals surface area (Å²) >= 11 is 0. The van der Waals surface area contributed by atoms with Crippen LogP contribution in [-0.2, 0) is 6.42 Å². The molecule has 1 aromatic heterocycles. The van der Waals surface area contributed by atoms with Crippen molar-refractivity contribution in [1.29, 1.82) is 0 Å². The maximum Gasteiger partial charge on any atom is 0.167 e. The van der Waals surface area contributed by atoms with Crippen LogP contribution in [0.4, 0.5) is 15.8 Å². The van der Waals surface area contributed by atoms with Crippen LogP contribution in [0.25, 0.3) is 5.57 Å². The Morgan fingerprint density at radius 1 is 1.44 bits per heavy atom. The summed E-state index contributed by atoms with van der Waals surface area (Å²) in [7, 11) is 1.70. The second kappa shape index (κ2) is 8.31. The van der Waals surface area contributed by atoms with E-state index in [2.05, 4.69) is 15.3 Å². The summed E-state index contributed by atoms with van der Waals surface area (Å²) in [6.45, 7) is 2.00. The lowest BCUT2D eigenvalue weighted by atomic mass is 9.86. The van der Waals surface area contributed by atoms with Gasteiger partial charge in [0.15, 0.2) is 5.78 Å². The minimum Gasteiger partial charge on any atom is -0.396 e. The number of H-pyrrole nitrogens is 1. The summed E-state index contributed by atoms with van der Waals surface area (Å²) < 4.78 is 13.6. The fraction of sp³-hybridized carbons (Fsp3) is 0.333. The van der Waals surface area contributed by atoms with Crippen molar-refractivity contribution >= 4 is 28.9 Å². The van der Waals surface area contributed by atoms with Crippen LogP contribution in [0.5, 0.6) is 0 Å². The molecule has 0 amide bonds. The Kier molecular flexibility index (Phi) is 5.86. The monoisotopic (exact) mass is 369 g/mol. The number of aliphatic imine (C=N–C) groups is 1. The van der Waals surface area contributed by atoms with Gasteiger partial charge in [-0.05, 0) is 48.6 Å². The first-order chi connectivity index (χ1) is 13.1. The third kappa shape index (κ3) is 4.01. The van der Waals surface area contributed by atoms with E-state index < -0.39 is 0 Å². The number of nitrogens with one attached hydrogen (secondary N) is 2. The van der Waals surface area contributed by atoms with Crippen molar-refractivity contribution in [3.05, 3.63) is 53.1 Å². The van der Waals surface area contributed by atoms with Crippen LogP contribution < -0.4 is 5.32 Å². The minimum atomic E-state index is -0.345. The van der Waals surface area contributed by atoms with Gasteiger partial charge in [0.05, 0.1) is 16.9 Å². The maximum atomic E-state index is 13.6. The van der Waals surface area contributed by atoms with Crippen LogP contribution in [0.3, 0.4) is 0 Å². The number of carbonyl (C=O) groups is 1. The van der Waals surface area contributed by atoms with Crippen molar-refractivity contribution in [3.8, 4) is 0 Å². The van der Waals surface area contributed by atoms with Crippen molar-refractivity contribution in [3.63, 3.8) is 0 Å². The lowest BCUT2D eigenvalue weighted by Crippen LogP contribution is -2.22. The smallest absolute Gasteiger partial charge is 0.167 e. The van der Waals surface area contributed by atoms with Gasteiger partial charge in [-0.25, -0.2) is 4.39 Å². The zero-order chi connectivity index (χ0) is 19.4. The molecule has 1 heterocycles. The number of Topliss-reactive ketones (excluding diaryl/α,β-unsaturated/α-hetero) is 1. The van der Waals surface area contributed by atoms with Gasteiger partial charge in [0.25, 0.3) is 0 Å². The second-order valence-corrected chi connectivity index (χ2v) is 6.70. The molecule has 0 radical (unpaired) electrons. The maximum absolute atomic E-state index is 13.6. The number of aliphatic hydroxyl groups excluding tert-OH is 1. The number of anilines is 2. The number of nitrogens with zero attached hydrogens (tertiary/aromatic N) is 1. The summed E-state index contributed by atoms with van der Waals surface area (Å²) in [6.07, 6.45) is 5.26. The molecule has 27 heavy (non-hydrogen) atoms. The first-order valence-electron chi connectivity index (χ1n) is 9.10. The van der Waals surface area contributed by atoms with E-state index >= 15 is 0 Å². The average Bonchev–Trinajstić information content (AvgIpc) is 3.01. The van der Waals surface area contributed by atoms with Crippen molar-refractivity contribution in [2.75, 3.05) is 19.0 Å². The average molecular weight is 369 g/mol. The Morgan fingerprint density at radius 3 is 2.93 bits per heavy atom. The molecule has 3 N–H and O–H groups in total. The number of hydrogen-bond acceptors (Lipinski definition) is 4. The van der Waals surface area contributed by atoms with Crippen molar-refractivity contribution in [2.45, 2.75) is 26.2 Å². The van der Waals surface area contributed by atoms with Crippen molar-refractivity contribution in [2.24, 2.45) is 10.9 Å². The van der Waals surface area contributed by atoms with Gasteiger partial charge in [-0.3, -0.25) is 9.79 Å². The number of ketones is 1. The molecular formula is C21H24FN3O2. The molecule has 142 valence electrons. The van der Waals surface area contributed by atoms with E-state index in [4.69, 9.17) is 0 Å². The van der Waals surface area contributed by atoms with Gasteiger partial charge in [0.2, 0.25) is 0 Å². The highest BCUT2D eigenvalue weighted by Gasteiger charge is 2.31. The Bertz CT molecular complexity index is 899. The highest BCUT2D eigenvalue weighted by Crippen LogP contribution is 2.38. The van der Waals surface area contributed by atoms with Gasteiger partial charge in [-0.1, -0.05) is 13.0 Å². The van der Waals surface area contributed by atoms with E-state index in [9.17, 15) is 14.3 Å². The summed E-state index contributed by atoms with van der Waals surface area (Å²) in [5.41, 5.74) is 4.45. The Morgan fingerprint density at radius 2 is 2.26 bits per heavy atom. The SMILES string of the molecule is CC/C(=C\C=NC)c1[nH]c2c(c1Nc1cccc(F)c1)C(=O)CC(CO)C2. The fourth-order valence-corrected chi connectivity index (χ4v) is 3.49. The lowest BCUT2D eigenvalue weighted by Gasteiger charge is -2.20. The van der Waals surface area contributed by atoms with Crippen molar-refractivity contribution < 1.29 is 14.3 Å². The van der Waals surface area contributed by atoms with Gasteiger partial charge in [-0.15, -0.1) is 0 Å². The number of fused-ring (bicyclic) bond motifs is 1. The largest absolute Gasteiger partial charge is 0.396 e. The molecule has 6 heteroatoms. The minimum absolute atomic E-state index is 0.0173. The van der Waals surface area contributed by atoms with E-state index in [1.165, 1.54) is 12.1 Å². The van der Waals surface area contributed by atoms with Gasteiger partial charge >= 0.3 is 0 Å². The zero-order valence-electron chi connectivity index (χ0n) is 15.6. The number of aromatic nitrogens is 1. The first kappa shape index (κ1) is 19.0. The van der Waals surface area contributed by atoms with Crippen LogP contribution in [0, 0.1) is 11.7 Å². The van der Waals surface area contributed by atoms with E-state index in [1.807, 2.05) is 13.0 Å². The van der Waals surface area contributed by atoms with Gasteiger partial charge in [0, 0.05) is 37.7 Å². The van der Waals surface area contributed by atoms with E-state index in [1.54, 1.807) is 25.4 Å². The Hall–Kier alpha value is -2.73. The highest BCUT2D eigenvalue weighted by atomic mass is 19.1. The molecule has 0 bridgehead atoms. The quantitative estimate of drug-likeness (QED) is 0.670. The normalized spacial score (nSPS) is 17.4. The highest BCUT2D eigenvalue weighted by molar-refractivity contribution is 6.07. The fourth-order valence-electron chi connectivity index (χ4n) is 3.49. The van der Waals surface area contributed by atoms with Crippen LogP contribution >= 0.6 is 0 Å². The van der Waals surface area contributed by atoms with E-state index in [0.717, 1.165) is 23.4 Å². The third-order valence-corrected chi connectivity index (χ3v) is 4.80. The number of hydrogen-bond donors (Lipinski definition) is 3. The van der Waals surface area contributed by atoms with Gasteiger partial charge in [-0.2, -0.15) is 0 Å². The molecule has 1 unspecified atom stereocenters. The number of aliphatic hydroxyl groups is 1. The van der Waals surface area contributed by atoms with Crippen molar-refractivity contribution in [1.82, 2.24) is 4.98 Å². The predicted molar refractivity (Wildman–Crippen MR) is 106 cm³/mol. The zero-order valence-corrected chi connectivity index (χ0v) is 15.6. The molecule has 0 saturated heterocycles. The molecule has 0 saturated carbocycles.